The summed E-state index contributed by atoms with van der Waals surface area (Å²) in [6.07, 6.45) is 5.35. The van der Waals surface area contributed by atoms with Gasteiger partial charge >= 0.3 is 0 Å². The first-order chi connectivity index (χ1) is 9.72. The van der Waals surface area contributed by atoms with Crippen LogP contribution in [0, 0.1) is 6.92 Å². The maximum atomic E-state index is 12.0. The molecule has 0 radical (unpaired) electrons. The number of piperidine rings is 2. The molecular formula is C16H24N2OS. The molecule has 0 spiro atoms. The number of carbonyl (C=O) groups excluding carboxylic acids is 1. The van der Waals surface area contributed by atoms with Crippen molar-refractivity contribution in [3.05, 3.63) is 21.9 Å². The molecule has 0 unspecified atom stereocenters. The van der Waals surface area contributed by atoms with Crippen LogP contribution in [0.2, 0.25) is 0 Å². The van der Waals surface area contributed by atoms with E-state index in [1.807, 2.05) is 11.3 Å². The lowest BCUT2D eigenvalue weighted by Crippen LogP contribution is -2.48. The minimum atomic E-state index is 0.392. The van der Waals surface area contributed by atoms with Crippen molar-refractivity contribution in [2.24, 2.45) is 0 Å². The second kappa shape index (κ2) is 6.27. The Bertz CT molecular complexity index is 463. The molecule has 110 valence electrons. The van der Waals surface area contributed by atoms with Gasteiger partial charge in [-0.1, -0.05) is 0 Å². The van der Waals surface area contributed by atoms with Gasteiger partial charge in [0.25, 0.3) is 0 Å². The third-order valence-electron chi connectivity index (χ3n) is 4.53. The zero-order valence-corrected chi connectivity index (χ0v) is 13.1. The zero-order chi connectivity index (χ0) is 13.9. The third kappa shape index (κ3) is 3.23. The standard InChI is InChI=1S/C16H24N2OS/c1-13-5-6-15(20-13)12-17-10-7-14(8-11-17)18-9-3-2-4-16(18)19/h5-6,14H,2-4,7-12H2,1H3. The molecule has 2 aliphatic rings. The molecule has 3 nitrogen and oxygen atoms in total. The van der Waals surface area contributed by atoms with Gasteiger partial charge in [0, 0.05) is 48.4 Å². The molecule has 4 heteroatoms. The van der Waals surface area contributed by atoms with Crippen molar-refractivity contribution in [1.82, 2.24) is 9.80 Å². The molecule has 1 aromatic heterocycles. The van der Waals surface area contributed by atoms with Gasteiger partial charge < -0.3 is 4.90 Å². The number of amides is 1. The molecule has 3 rings (SSSR count). The van der Waals surface area contributed by atoms with Crippen LogP contribution in [0.5, 0.6) is 0 Å². The summed E-state index contributed by atoms with van der Waals surface area (Å²) in [5.74, 6) is 0.392. The fourth-order valence-corrected chi connectivity index (χ4v) is 4.33. The van der Waals surface area contributed by atoms with Gasteiger partial charge in [0.1, 0.15) is 0 Å². The van der Waals surface area contributed by atoms with Crippen molar-refractivity contribution in [1.29, 1.82) is 0 Å². The molecule has 2 saturated heterocycles. The first kappa shape index (κ1) is 14.1. The van der Waals surface area contributed by atoms with Crippen molar-refractivity contribution < 1.29 is 4.79 Å². The summed E-state index contributed by atoms with van der Waals surface area (Å²) in [5.41, 5.74) is 0. The third-order valence-corrected chi connectivity index (χ3v) is 5.52. The van der Waals surface area contributed by atoms with Crippen molar-refractivity contribution in [2.45, 2.75) is 51.6 Å². The lowest BCUT2D eigenvalue weighted by atomic mass is 9.99. The molecule has 0 atom stereocenters. The minimum Gasteiger partial charge on any atom is -0.340 e. The van der Waals surface area contributed by atoms with Crippen LogP contribution in [0.3, 0.4) is 0 Å². The highest BCUT2D eigenvalue weighted by atomic mass is 32.1. The van der Waals surface area contributed by atoms with E-state index in [9.17, 15) is 4.79 Å². The molecule has 1 amide bonds. The second-order valence-electron chi connectivity index (χ2n) is 6.06. The fourth-order valence-electron chi connectivity index (χ4n) is 3.39. The van der Waals surface area contributed by atoms with Crippen LogP contribution in [0.1, 0.15) is 41.9 Å². The number of likely N-dealkylation sites (tertiary alicyclic amines) is 2. The Kier molecular flexibility index (Phi) is 4.41. The number of thiophene rings is 1. The molecule has 0 saturated carbocycles. The maximum Gasteiger partial charge on any atom is 0.222 e. The number of hydrogen-bond donors (Lipinski definition) is 0. The molecule has 0 N–H and O–H groups in total. The average molecular weight is 292 g/mol. The molecule has 20 heavy (non-hydrogen) atoms. The van der Waals surface area contributed by atoms with Crippen LogP contribution in [0.15, 0.2) is 12.1 Å². The Morgan fingerprint density at radius 2 is 2.00 bits per heavy atom. The Hall–Kier alpha value is -0.870. The van der Waals surface area contributed by atoms with Crippen LogP contribution in [0.4, 0.5) is 0 Å². The van der Waals surface area contributed by atoms with Crippen LogP contribution < -0.4 is 0 Å². The van der Waals surface area contributed by atoms with E-state index in [0.717, 1.165) is 51.9 Å². The number of nitrogens with zero attached hydrogens (tertiary/aromatic N) is 2. The predicted molar refractivity (Wildman–Crippen MR) is 82.9 cm³/mol. The molecule has 3 heterocycles. The largest absolute Gasteiger partial charge is 0.340 e. The monoisotopic (exact) mass is 292 g/mol. The van der Waals surface area contributed by atoms with Crippen molar-refractivity contribution in [3.63, 3.8) is 0 Å². The molecule has 0 bridgehead atoms. The molecule has 2 fully saturated rings. The summed E-state index contributed by atoms with van der Waals surface area (Å²) in [5, 5.41) is 0. The summed E-state index contributed by atoms with van der Waals surface area (Å²) in [4.78, 5) is 19.5. The Morgan fingerprint density at radius 3 is 2.65 bits per heavy atom. The number of hydrogen-bond acceptors (Lipinski definition) is 3. The SMILES string of the molecule is Cc1ccc(CN2CCC(N3CCCCC3=O)CC2)s1. The summed E-state index contributed by atoms with van der Waals surface area (Å²) >= 11 is 1.90. The summed E-state index contributed by atoms with van der Waals surface area (Å²) in [6.45, 7) is 6.51. The van der Waals surface area contributed by atoms with E-state index in [0.29, 0.717) is 11.9 Å². The number of rotatable bonds is 3. The van der Waals surface area contributed by atoms with E-state index in [1.54, 1.807) is 0 Å². The van der Waals surface area contributed by atoms with Crippen molar-refractivity contribution >= 4 is 17.2 Å². The predicted octanol–water partition coefficient (Wildman–Crippen LogP) is 3.03. The van der Waals surface area contributed by atoms with E-state index in [4.69, 9.17) is 0 Å². The molecule has 0 aromatic carbocycles. The highest BCUT2D eigenvalue weighted by Crippen LogP contribution is 2.24. The van der Waals surface area contributed by atoms with E-state index in [-0.39, 0.29) is 0 Å². The quantitative estimate of drug-likeness (QED) is 0.855. The van der Waals surface area contributed by atoms with Crippen LogP contribution >= 0.6 is 11.3 Å². The molecule has 2 aliphatic heterocycles. The highest BCUT2D eigenvalue weighted by Gasteiger charge is 2.29. The first-order valence-electron chi connectivity index (χ1n) is 7.79. The molecule has 0 aliphatic carbocycles. The van der Waals surface area contributed by atoms with Gasteiger partial charge in [-0.25, -0.2) is 0 Å². The van der Waals surface area contributed by atoms with Gasteiger partial charge in [-0.2, -0.15) is 0 Å². The van der Waals surface area contributed by atoms with E-state index in [1.165, 1.54) is 16.2 Å². The summed E-state index contributed by atoms with van der Waals surface area (Å²) < 4.78 is 0. The lowest BCUT2D eigenvalue weighted by Gasteiger charge is -2.40. The van der Waals surface area contributed by atoms with Gasteiger partial charge in [-0.3, -0.25) is 9.69 Å². The minimum absolute atomic E-state index is 0.392. The number of carbonyl (C=O) groups is 1. The van der Waals surface area contributed by atoms with Crippen molar-refractivity contribution in [3.8, 4) is 0 Å². The van der Waals surface area contributed by atoms with Gasteiger partial charge in [0.05, 0.1) is 0 Å². The first-order valence-corrected chi connectivity index (χ1v) is 8.61. The lowest BCUT2D eigenvalue weighted by molar-refractivity contribution is -0.136. The summed E-state index contributed by atoms with van der Waals surface area (Å²) in [6, 6.07) is 4.96. The Balaban J connectivity index is 1.50. The van der Waals surface area contributed by atoms with Gasteiger partial charge in [-0.05, 0) is 44.7 Å². The normalized spacial score (nSPS) is 22.4. The van der Waals surface area contributed by atoms with E-state index >= 15 is 0 Å². The van der Waals surface area contributed by atoms with Crippen LogP contribution in [0.25, 0.3) is 0 Å². The Morgan fingerprint density at radius 1 is 1.20 bits per heavy atom. The smallest absolute Gasteiger partial charge is 0.222 e. The highest BCUT2D eigenvalue weighted by molar-refractivity contribution is 7.11. The molecular weight excluding hydrogens is 268 g/mol. The average Bonchev–Trinajstić information content (AvgIpc) is 2.86. The number of aryl methyl sites for hydroxylation is 1. The van der Waals surface area contributed by atoms with E-state index < -0.39 is 0 Å². The maximum absolute atomic E-state index is 12.0. The van der Waals surface area contributed by atoms with Gasteiger partial charge in [0.2, 0.25) is 5.91 Å². The Labute approximate surface area is 125 Å². The van der Waals surface area contributed by atoms with Gasteiger partial charge in [0.15, 0.2) is 0 Å². The van der Waals surface area contributed by atoms with E-state index in [2.05, 4.69) is 28.9 Å². The molecule has 1 aromatic rings. The fraction of sp³-hybridized carbons (Fsp3) is 0.688. The second-order valence-corrected chi connectivity index (χ2v) is 7.44. The van der Waals surface area contributed by atoms with Crippen LogP contribution in [-0.4, -0.2) is 41.4 Å². The topological polar surface area (TPSA) is 23.6 Å². The van der Waals surface area contributed by atoms with Gasteiger partial charge in [-0.15, -0.1) is 11.3 Å². The zero-order valence-electron chi connectivity index (χ0n) is 12.3. The van der Waals surface area contributed by atoms with Crippen molar-refractivity contribution in [2.75, 3.05) is 19.6 Å². The summed E-state index contributed by atoms with van der Waals surface area (Å²) in [7, 11) is 0. The van der Waals surface area contributed by atoms with Crippen LogP contribution in [-0.2, 0) is 11.3 Å².